The smallest absolute Gasteiger partial charge is 0.325 e. The van der Waals surface area contributed by atoms with Gasteiger partial charge in [0.05, 0.1) is 6.42 Å². The largest absolute Gasteiger partial charge is 0.481 e. The lowest BCUT2D eigenvalue weighted by Gasteiger charge is -2.14. The molecular formula is C12H15NO4S. The van der Waals surface area contributed by atoms with E-state index in [2.05, 4.69) is 5.32 Å². The first-order valence-electron chi connectivity index (χ1n) is 5.36. The third-order valence-corrected chi connectivity index (χ3v) is 3.13. The molecule has 0 spiro atoms. The molecule has 0 aliphatic rings. The fourth-order valence-corrected chi connectivity index (χ4v) is 1.88. The summed E-state index contributed by atoms with van der Waals surface area (Å²) in [7, 11) is 0. The molecule has 0 amide bonds. The van der Waals surface area contributed by atoms with Crippen LogP contribution in [0.5, 0.6) is 0 Å². The molecule has 1 aromatic rings. The van der Waals surface area contributed by atoms with Gasteiger partial charge in [0.15, 0.2) is 0 Å². The van der Waals surface area contributed by atoms with Gasteiger partial charge in [0, 0.05) is 11.4 Å². The number of hydrogen-bond donors (Lipinski definition) is 3. The molecule has 1 aromatic carbocycles. The van der Waals surface area contributed by atoms with Gasteiger partial charge in [-0.15, -0.1) is 11.8 Å². The second-order valence-electron chi connectivity index (χ2n) is 3.64. The zero-order valence-electron chi connectivity index (χ0n) is 9.92. The average Bonchev–Trinajstić information content (AvgIpc) is 2.34. The zero-order valence-corrected chi connectivity index (χ0v) is 10.7. The fourth-order valence-electron chi connectivity index (χ4n) is 1.47. The molecule has 18 heavy (non-hydrogen) atoms. The Kier molecular flexibility index (Phi) is 5.67. The van der Waals surface area contributed by atoms with E-state index in [4.69, 9.17) is 10.2 Å². The lowest BCUT2D eigenvalue weighted by atomic mass is 10.1. The van der Waals surface area contributed by atoms with Crippen molar-refractivity contribution in [2.24, 2.45) is 0 Å². The van der Waals surface area contributed by atoms with Crippen molar-refractivity contribution in [1.29, 1.82) is 0 Å². The van der Waals surface area contributed by atoms with Gasteiger partial charge in [0.25, 0.3) is 0 Å². The normalized spacial score (nSPS) is 12.1. The van der Waals surface area contributed by atoms with Crippen molar-refractivity contribution in [1.82, 2.24) is 5.32 Å². The van der Waals surface area contributed by atoms with E-state index in [1.807, 2.05) is 18.4 Å². The number of carbonyl (C=O) groups is 2. The molecule has 0 aliphatic carbocycles. The molecule has 0 fully saturated rings. The van der Waals surface area contributed by atoms with Crippen molar-refractivity contribution in [3.63, 3.8) is 0 Å². The molecule has 0 heterocycles. The van der Waals surface area contributed by atoms with Crippen molar-refractivity contribution in [2.45, 2.75) is 17.4 Å². The molecule has 5 nitrogen and oxygen atoms in total. The summed E-state index contributed by atoms with van der Waals surface area (Å²) in [5, 5.41) is 20.3. The van der Waals surface area contributed by atoms with Gasteiger partial charge in [-0.2, -0.15) is 0 Å². The minimum Gasteiger partial charge on any atom is -0.481 e. The van der Waals surface area contributed by atoms with Gasteiger partial charge in [-0.3, -0.25) is 9.59 Å². The summed E-state index contributed by atoms with van der Waals surface area (Å²) in [4.78, 5) is 22.5. The van der Waals surface area contributed by atoms with E-state index in [9.17, 15) is 9.59 Å². The molecule has 0 aromatic heterocycles. The van der Waals surface area contributed by atoms with Crippen LogP contribution in [0.3, 0.4) is 0 Å². The van der Waals surface area contributed by atoms with Gasteiger partial charge < -0.3 is 15.5 Å². The molecular weight excluding hydrogens is 254 g/mol. The van der Waals surface area contributed by atoms with E-state index in [1.54, 1.807) is 23.9 Å². The van der Waals surface area contributed by atoms with E-state index in [-0.39, 0.29) is 13.0 Å². The molecule has 6 heteroatoms. The Bertz CT molecular complexity index is 419. The van der Waals surface area contributed by atoms with Gasteiger partial charge in [-0.1, -0.05) is 12.1 Å². The van der Waals surface area contributed by atoms with Crippen LogP contribution in [0.2, 0.25) is 0 Å². The maximum absolute atomic E-state index is 11.1. The van der Waals surface area contributed by atoms with E-state index < -0.39 is 18.0 Å². The fraction of sp³-hybridized carbons (Fsp3) is 0.333. The molecule has 3 N–H and O–H groups in total. The Hall–Kier alpha value is -1.53. The van der Waals surface area contributed by atoms with Crippen LogP contribution in [-0.4, -0.2) is 35.0 Å². The number of carboxylic acids is 2. The van der Waals surface area contributed by atoms with Crippen LogP contribution in [0.1, 0.15) is 18.0 Å². The first kappa shape index (κ1) is 14.5. The quantitative estimate of drug-likeness (QED) is 0.652. The van der Waals surface area contributed by atoms with Crippen molar-refractivity contribution < 1.29 is 19.8 Å². The van der Waals surface area contributed by atoms with Crippen molar-refractivity contribution in [3.05, 3.63) is 29.8 Å². The molecule has 0 aliphatic heterocycles. The van der Waals surface area contributed by atoms with Crippen molar-refractivity contribution >= 4 is 23.7 Å². The molecule has 0 bridgehead atoms. The average molecular weight is 269 g/mol. The van der Waals surface area contributed by atoms with Crippen LogP contribution < -0.4 is 5.32 Å². The highest BCUT2D eigenvalue weighted by molar-refractivity contribution is 7.98. The van der Waals surface area contributed by atoms with Gasteiger partial charge in [0.2, 0.25) is 0 Å². The number of hydrogen-bond acceptors (Lipinski definition) is 4. The summed E-state index contributed by atoms with van der Waals surface area (Å²) >= 11 is 1.57. The number of benzene rings is 1. The number of thioether (sulfide) groups is 1. The molecule has 98 valence electrons. The molecule has 0 radical (unpaired) electrons. The summed E-state index contributed by atoms with van der Waals surface area (Å²) in [6.45, 7) is 0.122. The zero-order chi connectivity index (χ0) is 13.5. The molecule has 1 rings (SSSR count). The first-order valence-corrected chi connectivity index (χ1v) is 6.59. The van der Waals surface area contributed by atoms with Gasteiger partial charge in [0.1, 0.15) is 6.04 Å². The molecule has 0 saturated heterocycles. The second kappa shape index (κ2) is 7.03. The summed E-state index contributed by atoms with van der Waals surface area (Å²) in [5.41, 5.74) is 0.616. The van der Waals surface area contributed by atoms with Crippen molar-refractivity contribution in [2.75, 3.05) is 12.8 Å². The van der Waals surface area contributed by atoms with E-state index >= 15 is 0 Å². The van der Waals surface area contributed by atoms with E-state index in [0.29, 0.717) is 5.56 Å². The summed E-state index contributed by atoms with van der Waals surface area (Å²) in [6.07, 6.45) is 1.83. The summed E-state index contributed by atoms with van der Waals surface area (Å²) < 4.78 is 0. The van der Waals surface area contributed by atoms with Gasteiger partial charge in [-0.25, -0.2) is 0 Å². The number of aliphatic carboxylic acids is 2. The monoisotopic (exact) mass is 269 g/mol. The maximum Gasteiger partial charge on any atom is 0.325 e. The molecule has 0 saturated carbocycles. The number of nitrogens with one attached hydrogen (secondary N) is 1. The second-order valence-corrected chi connectivity index (χ2v) is 4.52. The Labute approximate surface area is 109 Å². The SMILES string of the molecule is CSc1ccc(C(NCCC(=O)O)C(=O)O)cc1. The summed E-state index contributed by atoms with van der Waals surface area (Å²) in [6, 6.07) is 6.28. The third kappa shape index (κ3) is 4.38. The van der Waals surface area contributed by atoms with E-state index in [0.717, 1.165) is 4.90 Å². The highest BCUT2D eigenvalue weighted by Gasteiger charge is 2.19. The van der Waals surface area contributed by atoms with Crippen LogP contribution in [0.15, 0.2) is 29.2 Å². The van der Waals surface area contributed by atoms with Crippen LogP contribution in [0.4, 0.5) is 0 Å². The standard InChI is InChI=1S/C12H15NO4S/c1-18-9-4-2-8(3-5-9)11(12(16)17)13-7-6-10(14)15/h2-5,11,13H,6-7H2,1H3,(H,14,15)(H,16,17). The summed E-state index contributed by atoms with van der Waals surface area (Å²) in [5.74, 6) is -1.97. The Morgan fingerprint density at radius 2 is 1.89 bits per heavy atom. The van der Waals surface area contributed by atoms with Crippen LogP contribution in [0, 0.1) is 0 Å². The number of rotatable bonds is 7. The van der Waals surface area contributed by atoms with Gasteiger partial charge >= 0.3 is 11.9 Å². The lowest BCUT2D eigenvalue weighted by molar-refractivity contribution is -0.141. The Morgan fingerprint density at radius 1 is 1.28 bits per heavy atom. The predicted molar refractivity (Wildman–Crippen MR) is 68.9 cm³/mol. The lowest BCUT2D eigenvalue weighted by Crippen LogP contribution is -2.30. The third-order valence-electron chi connectivity index (χ3n) is 2.38. The van der Waals surface area contributed by atoms with Gasteiger partial charge in [-0.05, 0) is 24.0 Å². The minimum absolute atomic E-state index is 0.104. The minimum atomic E-state index is -1.02. The van der Waals surface area contributed by atoms with Crippen LogP contribution >= 0.6 is 11.8 Å². The Balaban J connectivity index is 2.71. The van der Waals surface area contributed by atoms with Crippen LogP contribution in [-0.2, 0) is 9.59 Å². The van der Waals surface area contributed by atoms with Crippen LogP contribution in [0.25, 0.3) is 0 Å². The maximum atomic E-state index is 11.1. The highest BCUT2D eigenvalue weighted by atomic mass is 32.2. The van der Waals surface area contributed by atoms with Crippen molar-refractivity contribution in [3.8, 4) is 0 Å². The topological polar surface area (TPSA) is 86.6 Å². The molecule has 1 unspecified atom stereocenters. The predicted octanol–water partition coefficient (Wildman–Crippen LogP) is 1.60. The Morgan fingerprint density at radius 3 is 2.33 bits per heavy atom. The van der Waals surface area contributed by atoms with E-state index in [1.165, 1.54) is 0 Å². The highest BCUT2D eigenvalue weighted by Crippen LogP contribution is 2.19. The first-order chi connectivity index (χ1) is 8.54. The number of carboxylic acid groups (broad SMARTS) is 2. The molecule has 1 atom stereocenters.